The first-order chi connectivity index (χ1) is 11.0. The van der Waals surface area contributed by atoms with Gasteiger partial charge in [0.1, 0.15) is 11.5 Å². The van der Waals surface area contributed by atoms with Crippen LogP contribution in [-0.4, -0.2) is 31.6 Å². The fourth-order valence-electron chi connectivity index (χ4n) is 2.12. The largest absolute Gasteiger partial charge is 0.497 e. The van der Waals surface area contributed by atoms with Gasteiger partial charge in [-0.05, 0) is 29.5 Å². The molecule has 0 bridgehead atoms. The Morgan fingerprint density at radius 3 is 2.61 bits per heavy atom. The molecular formula is C18H24BrNO3. The summed E-state index contributed by atoms with van der Waals surface area (Å²) in [4.78, 5) is 14.2. The minimum atomic E-state index is 0.0940. The van der Waals surface area contributed by atoms with Crippen molar-refractivity contribution >= 4 is 21.8 Å². The van der Waals surface area contributed by atoms with E-state index in [0.29, 0.717) is 38.1 Å². The molecule has 0 heterocycles. The number of ether oxygens (including phenoxy) is 2. The number of carbonyl (C=O) groups is 1. The standard InChI is InChI=1S/C18H24BrNO3/c1-5-6-7-18(21)20(11-10-14(2)19)13-15-8-9-16(22-3)12-17(15)23-4/h5,8-9,12H,1-2,6-7,10-11,13H2,3-4H3. The highest BCUT2D eigenvalue weighted by molar-refractivity contribution is 9.11. The molecule has 0 spiro atoms. The van der Waals surface area contributed by atoms with Gasteiger partial charge in [-0.2, -0.15) is 0 Å². The highest BCUT2D eigenvalue weighted by atomic mass is 79.9. The maximum atomic E-state index is 12.4. The number of allylic oxidation sites excluding steroid dienone is 1. The monoisotopic (exact) mass is 381 g/mol. The van der Waals surface area contributed by atoms with E-state index >= 15 is 0 Å². The van der Waals surface area contributed by atoms with Gasteiger partial charge in [-0.25, -0.2) is 0 Å². The number of halogens is 1. The van der Waals surface area contributed by atoms with Crippen molar-refractivity contribution in [2.75, 3.05) is 20.8 Å². The lowest BCUT2D eigenvalue weighted by Gasteiger charge is -2.24. The Balaban J connectivity index is 2.92. The molecule has 0 saturated carbocycles. The summed E-state index contributed by atoms with van der Waals surface area (Å²) in [7, 11) is 3.23. The van der Waals surface area contributed by atoms with Crippen LogP contribution in [0.25, 0.3) is 0 Å². The van der Waals surface area contributed by atoms with Crippen LogP contribution in [0.5, 0.6) is 11.5 Å². The van der Waals surface area contributed by atoms with Gasteiger partial charge in [0.05, 0.1) is 14.2 Å². The molecule has 5 heteroatoms. The minimum Gasteiger partial charge on any atom is -0.497 e. The van der Waals surface area contributed by atoms with Gasteiger partial charge in [-0.3, -0.25) is 4.79 Å². The molecule has 0 aliphatic heterocycles. The average Bonchev–Trinajstić information content (AvgIpc) is 2.56. The number of methoxy groups -OCH3 is 2. The summed E-state index contributed by atoms with van der Waals surface area (Å²) in [6.45, 7) is 8.60. The minimum absolute atomic E-state index is 0.0940. The number of hydrogen-bond donors (Lipinski definition) is 0. The summed E-state index contributed by atoms with van der Waals surface area (Å²) in [6.07, 6.45) is 3.59. The fourth-order valence-corrected chi connectivity index (χ4v) is 2.30. The average molecular weight is 382 g/mol. The molecule has 0 aliphatic carbocycles. The van der Waals surface area contributed by atoms with Crippen LogP contribution in [0.3, 0.4) is 0 Å². The predicted molar refractivity (Wildman–Crippen MR) is 97.1 cm³/mol. The summed E-state index contributed by atoms with van der Waals surface area (Å²) in [5.41, 5.74) is 0.945. The molecule has 1 aromatic rings. The number of benzene rings is 1. The Morgan fingerprint density at radius 2 is 2.04 bits per heavy atom. The van der Waals surface area contributed by atoms with Crippen LogP contribution in [0.4, 0.5) is 0 Å². The van der Waals surface area contributed by atoms with E-state index in [1.54, 1.807) is 20.3 Å². The fraction of sp³-hybridized carbons (Fsp3) is 0.389. The van der Waals surface area contributed by atoms with Gasteiger partial charge in [-0.1, -0.05) is 28.6 Å². The molecule has 23 heavy (non-hydrogen) atoms. The van der Waals surface area contributed by atoms with E-state index in [4.69, 9.17) is 9.47 Å². The van der Waals surface area contributed by atoms with Gasteiger partial charge >= 0.3 is 0 Å². The Bertz CT molecular complexity index is 557. The molecule has 0 fully saturated rings. The SMILES string of the molecule is C=CCCC(=O)N(CCC(=C)Br)Cc1ccc(OC)cc1OC. The van der Waals surface area contributed by atoms with Crippen molar-refractivity contribution in [1.82, 2.24) is 4.90 Å². The van der Waals surface area contributed by atoms with Crippen LogP contribution in [0, 0.1) is 0 Å². The molecule has 126 valence electrons. The maximum absolute atomic E-state index is 12.4. The normalized spacial score (nSPS) is 10.0. The van der Waals surface area contributed by atoms with Crippen molar-refractivity contribution < 1.29 is 14.3 Å². The summed E-state index contributed by atoms with van der Waals surface area (Å²) in [5, 5.41) is 0. The molecule has 0 aromatic heterocycles. The van der Waals surface area contributed by atoms with E-state index in [1.807, 2.05) is 23.1 Å². The van der Waals surface area contributed by atoms with Crippen molar-refractivity contribution in [2.24, 2.45) is 0 Å². The van der Waals surface area contributed by atoms with E-state index in [2.05, 4.69) is 29.1 Å². The third kappa shape index (κ3) is 6.48. The number of nitrogens with zero attached hydrogens (tertiary/aromatic N) is 1. The lowest BCUT2D eigenvalue weighted by atomic mass is 10.1. The second-order valence-corrected chi connectivity index (χ2v) is 6.21. The molecule has 0 unspecified atom stereocenters. The predicted octanol–water partition coefficient (Wildman–Crippen LogP) is 4.30. The number of rotatable bonds is 10. The van der Waals surface area contributed by atoms with E-state index in [0.717, 1.165) is 15.8 Å². The molecule has 1 amide bonds. The van der Waals surface area contributed by atoms with E-state index in [-0.39, 0.29) is 5.91 Å². The van der Waals surface area contributed by atoms with E-state index < -0.39 is 0 Å². The zero-order valence-electron chi connectivity index (χ0n) is 13.8. The van der Waals surface area contributed by atoms with Crippen LogP contribution >= 0.6 is 15.9 Å². The lowest BCUT2D eigenvalue weighted by Crippen LogP contribution is -2.31. The molecular weight excluding hydrogens is 358 g/mol. The molecule has 0 saturated heterocycles. The molecule has 0 N–H and O–H groups in total. The summed E-state index contributed by atoms with van der Waals surface area (Å²) in [6, 6.07) is 5.62. The summed E-state index contributed by atoms with van der Waals surface area (Å²) >= 11 is 3.35. The van der Waals surface area contributed by atoms with Gasteiger partial charge in [0.2, 0.25) is 5.91 Å². The third-order valence-corrected chi connectivity index (χ3v) is 3.82. The van der Waals surface area contributed by atoms with Crippen LogP contribution < -0.4 is 9.47 Å². The quantitative estimate of drug-likeness (QED) is 0.567. The van der Waals surface area contributed by atoms with Crippen LogP contribution in [0.1, 0.15) is 24.8 Å². The highest BCUT2D eigenvalue weighted by Gasteiger charge is 2.16. The van der Waals surface area contributed by atoms with Gasteiger partial charge in [0.15, 0.2) is 0 Å². The second kappa shape index (κ2) is 10.1. The first-order valence-corrected chi connectivity index (χ1v) is 8.24. The number of hydrogen-bond acceptors (Lipinski definition) is 3. The van der Waals surface area contributed by atoms with Crippen molar-refractivity contribution in [1.29, 1.82) is 0 Å². The maximum Gasteiger partial charge on any atom is 0.223 e. The first-order valence-electron chi connectivity index (χ1n) is 7.44. The number of amides is 1. The zero-order chi connectivity index (χ0) is 17.2. The topological polar surface area (TPSA) is 38.8 Å². The summed E-state index contributed by atoms with van der Waals surface area (Å²) in [5.74, 6) is 1.53. The van der Waals surface area contributed by atoms with Crippen LogP contribution in [0.15, 0.2) is 41.9 Å². The molecule has 1 aromatic carbocycles. The van der Waals surface area contributed by atoms with E-state index in [9.17, 15) is 4.79 Å². The highest BCUT2D eigenvalue weighted by Crippen LogP contribution is 2.26. The lowest BCUT2D eigenvalue weighted by molar-refractivity contribution is -0.131. The Hall–Kier alpha value is -1.75. The third-order valence-electron chi connectivity index (χ3n) is 3.42. The Labute approximate surface area is 146 Å². The van der Waals surface area contributed by atoms with Crippen molar-refractivity contribution in [3.05, 3.63) is 47.5 Å². The molecule has 0 atom stereocenters. The second-order valence-electron chi connectivity index (χ2n) is 5.09. The van der Waals surface area contributed by atoms with Gasteiger partial charge in [-0.15, -0.1) is 6.58 Å². The Kier molecular flexibility index (Phi) is 8.48. The van der Waals surface area contributed by atoms with Crippen molar-refractivity contribution in [3.8, 4) is 11.5 Å². The van der Waals surface area contributed by atoms with Crippen LogP contribution in [0.2, 0.25) is 0 Å². The molecule has 0 aliphatic rings. The number of carbonyl (C=O) groups excluding carboxylic acids is 1. The summed E-state index contributed by atoms with van der Waals surface area (Å²) < 4.78 is 11.5. The first kappa shape index (κ1) is 19.3. The van der Waals surface area contributed by atoms with Crippen LogP contribution in [-0.2, 0) is 11.3 Å². The van der Waals surface area contributed by atoms with Gasteiger partial charge in [0, 0.05) is 31.1 Å². The molecule has 4 nitrogen and oxygen atoms in total. The smallest absolute Gasteiger partial charge is 0.223 e. The zero-order valence-corrected chi connectivity index (χ0v) is 15.4. The molecule has 1 rings (SSSR count). The van der Waals surface area contributed by atoms with Crippen molar-refractivity contribution in [2.45, 2.75) is 25.8 Å². The Morgan fingerprint density at radius 1 is 1.30 bits per heavy atom. The van der Waals surface area contributed by atoms with Gasteiger partial charge < -0.3 is 14.4 Å². The van der Waals surface area contributed by atoms with E-state index in [1.165, 1.54) is 0 Å². The van der Waals surface area contributed by atoms with Crippen molar-refractivity contribution in [3.63, 3.8) is 0 Å². The molecule has 0 radical (unpaired) electrons. The van der Waals surface area contributed by atoms with Gasteiger partial charge in [0.25, 0.3) is 0 Å².